The van der Waals surface area contributed by atoms with E-state index >= 15 is 0 Å². The van der Waals surface area contributed by atoms with Crippen molar-refractivity contribution in [3.8, 4) is 6.07 Å². The Labute approximate surface area is 105 Å². The molecule has 1 aromatic heterocycles. The van der Waals surface area contributed by atoms with E-state index in [-0.39, 0.29) is 12.0 Å². The van der Waals surface area contributed by atoms with Crippen molar-refractivity contribution in [2.45, 2.75) is 31.7 Å². The predicted octanol–water partition coefficient (Wildman–Crippen LogP) is 2.01. The number of carboxylic acids is 1. The summed E-state index contributed by atoms with van der Waals surface area (Å²) >= 11 is 0. The molecule has 1 aliphatic rings. The van der Waals surface area contributed by atoms with Crippen LogP contribution < -0.4 is 5.32 Å². The van der Waals surface area contributed by atoms with E-state index in [1.165, 1.54) is 0 Å². The monoisotopic (exact) mass is 245 g/mol. The van der Waals surface area contributed by atoms with Gasteiger partial charge in [0.05, 0.1) is 11.5 Å². The highest BCUT2D eigenvalue weighted by Gasteiger charge is 2.26. The molecule has 0 aliphatic heterocycles. The van der Waals surface area contributed by atoms with Crippen LogP contribution in [0.15, 0.2) is 18.3 Å². The standard InChI is InChI=1S/C13H15N3O2/c14-8-10-2-1-7-15-12(10)16-11-5-3-9(4-6-11)13(17)18/h1-2,7,9,11H,3-6H2,(H,15,16)(H,17,18). The number of aliphatic carboxylic acids is 1. The topological polar surface area (TPSA) is 86.0 Å². The first-order valence-corrected chi connectivity index (χ1v) is 6.05. The minimum atomic E-state index is -0.705. The highest BCUT2D eigenvalue weighted by Crippen LogP contribution is 2.26. The van der Waals surface area contributed by atoms with Crippen molar-refractivity contribution in [2.24, 2.45) is 5.92 Å². The van der Waals surface area contributed by atoms with Crippen LogP contribution in [0.1, 0.15) is 31.2 Å². The van der Waals surface area contributed by atoms with Crippen molar-refractivity contribution in [1.29, 1.82) is 5.26 Å². The summed E-state index contributed by atoms with van der Waals surface area (Å²) < 4.78 is 0. The number of hydrogen-bond acceptors (Lipinski definition) is 4. The van der Waals surface area contributed by atoms with Crippen LogP contribution in [-0.2, 0) is 4.79 Å². The van der Waals surface area contributed by atoms with Crippen LogP contribution >= 0.6 is 0 Å². The first kappa shape index (κ1) is 12.4. The Morgan fingerprint density at radius 2 is 2.17 bits per heavy atom. The smallest absolute Gasteiger partial charge is 0.306 e. The molecule has 0 saturated heterocycles. The number of nitrogens with one attached hydrogen (secondary N) is 1. The number of rotatable bonds is 3. The average Bonchev–Trinajstić information content (AvgIpc) is 2.40. The van der Waals surface area contributed by atoms with Gasteiger partial charge >= 0.3 is 5.97 Å². The van der Waals surface area contributed by atoms with Crippen molar-refractivity contribution in [2.75, 3.05) is 5.32 Å². The first-order chi connectivity index (χ1) is 8.70. The molecule has 0 unspecified atom stereocenters. The third-order valence-electron chi connectivity index (χ3n) is 3.35. The maximum absolute atomic E-state index is 10.8. The lowest BCUT2D eigenvalue weighted by molar-refractivity contribution is -0.142. The van der Waals surface area contributed by atoms with E-state index in [2.05, 4.69) is 16.4 Å². The molecule has 18 heavy (non-hydrogen) atoms. The number of carbonyl (C=O) groups is 1. The summed E-state index contributed by atoms with van der Waals surface area (Å²) in [7, 11) is 0. The molecule has 0 amide bonds. The Kier molecular flexibility index (Phi) is 3.78. The van der Waals surface area contributed by atoms with Crippen molar-refractivity contribution in [1.82, 2.24) is 4.98 Å². The molecule has 0 spiro atoms. The molecule has 2 rings (SSSR count). The number of pyridine rings is 1. The maximum Gasteiger partial charge on any atom is 0.306 e. The van der Waals surface area contributed by atoms with Gasteiger partial charge in [0.25, 0.3) is 0 Å². The second kappa shape index (κ2) is 5.50. The molecular weight excluding hydrogens is 230 g/mol. The predicted molar refractivity (Wildman–Crippen MR) is 66.0 cm³/mol. The number of aromatic nitrogens is 1. The summed E-state index contributed by atoms with van der Waals surface area (Å²) in [6.07, 6.45) is 4.62. The van der Waals surface area contributed by atoms with E-state index in [4.69, 9.17) is 10.4 Å². The third-order valence-corrected chi connectivity index (χ3v) is 3.35. The van der Waals surface area contributed by atoms with Crippen LogP contribution in [0.4, 0.5) is 5.82 Å². The largest absolute Gasteiger partial charge is 0.481 e. The molecular formula is C13H15N3O2. The van der Waals surface area contributed by atoms with E-state index in [1.54, 1.807) is 18.3 Å². The molecule has 1 fully saturated rings. The Balaban J connectivity index is 1.96. The molecule has 0 aromatic carbocycles. The van der Waals surface area contributed by atoms with Crippen molar-refractivity contribution in [3.63, 3.8) is 0 Å². The SMILES string of the molecule is N#Cc1cccnc1NC1CCC(C(=O)O)CC1. The van der Waals surface area contributed by atoms with E-state index < -0.39 is 5.97 Å². The lowest BCUT2D eigenvalue weighted by Crippen LogP contribution is -2.29. The second-order valence-electron chi connectivity index (χ2n) is 4.54. The van der Waals surface area contributed by atoms with Gasteiger partial charge in [0.15, 0.2) is 0 Å². The van der Waals surface area contributed by atoms with Crippen LogP contribution in [0, 0.1) is 17.2 Å². The van der Waals surface area contributed by atoms with Gasteiger partial charge in [-0.05, 0) is 37.8 Å². The van der Waals surface area contributed by atoms with Crippen molar-refractivity contribution in [3.05, 3.63) is 23.9 Å². The zero-order chi connectivity index (χ0) is 13.0. The fraction of sp³-hybridized carbons (Fsp3) is 0.462. The van der Waals surface area contributed by atoms with Crippen LogP contribution in [-0.4, -0.2) is 22.1 Å². The molecule has 0 atom stereocenters. The molecule has 1 heterocycles. The van der Waals surface area contributed by atoms with Gasteiger partial charge in [-0.2, -0.15) is 5.26 Å². The summed E-state index contributed by atoms with van der Waals surface area (Å²) in [6, 6.07) is 5.75. The summed E-state index contributed by atoms with van der Waals surface area (Å²) in [5.41, 5.74) is 0.526. The highest BCUT2D eigenvalue weighted by molar-refractivity contribution is 5.70. The molecule has 1 aliphatic carbocycles. The van der Waals surface area contributed by atoms with Crippen LogP contribution in [0.3, 0.4) is 0 Å². The van der Waals surface area contributed by atoms with Gasteiger partial charge in [0.1, 0.15) is 11.9 Å². The van der Waals surface area contributed by atoms with E-state index in [0.29, 0.717) is 24.2 Å². The summed E-state index contributed by atoms with van der Waals surface area (Å²) in [5, 5.41) is 21.1. The molecule has 1 aromatic rings. The summed E-state index contributed by atoms with van der Waals surface area (Å²) in [6.45, 7) is 0. The summed E-state index contributed by atoms with van der Waals surface area (Å²) in [5.74, 6) is -0.329. The lowest BCUT2D eigenvalue weighted by Gasteiger charge is -2.27. The van der Waals surface area contributed by atoms with Gasteiger partial charge in [-0.15, -0.1) is 0 Å². The number of anilines is 1. The number of nitrogens with zero attached hydrogens (tertiary/aromatic N) is 2. The maximum atomic E-state index is 10.8. The average molecular weight is 245 g/mol. The normalized spacial score (nSPS) is 23.1. The summed E-state index contributed by atoms with van der Waals surface area (Å²) in [4.78, 5) is 15.0. The highest BCUT2D eigenvalue weighted by atomic mass is 16.4. The van der Waals surface area contributed by atoms with Gasteiger partial charge in [0, 0.05) is 12.2 Å². The minimum absolute atomic E-state index is 0.211. The number of hydrogen-bond donors (Lipinski definition) is 2. The zero-order valence-corrected chi connectivity index (χ0v) is 9.97. The van der Waals surface area contributed by atoms with Crippen LogP contribution in [0.5, 0.6) is 0 Å². The quantitative estimate of drug-likeness (QED) is 0.850. The molecule has 0 bridgehead atoms. The van der Waals surface area contributed by atoms with Gasteiger partial charge < -0.3 is 10.4 Å². The zero-order valence-electron chi connectivity index (χ0n) is 9.97. The Morgan fingerprint density at radius 3 is 2.78 bits per heavy atom. The Hall–Kier alpha value is -2.09. The molecule has 5 heteroatoms. The van der Waals surface area contributed by atoms with Gasteiger partial charge in [-0.25, -0.2) is 4.98 Å². The first-order valence-electron chi connectivity index (χ1n) is 6.05. The van der Waals surface area contributed by atoms with Gasteiger partial charge in [0.2, 0.25) is 0 Å². The Morgan fingerprint density at radius 1 is 1.44 bits per heavy atom. The third kappa shape index (κ3) is 2.77. The van der Waals surface area contributed by atoms with E-state index in [1.807, 2.05) is 0 Å². The van der Waals surface area contributed by atoms with E-state index in [0.717, 1.165) is 12.8 Å². The second-order valence-corrected chi connectivity index (χ2v) is 4.54. The lowest BCUT2D eigenvalue weighted by atomic mass is 9.86. The Bertz CT molecular complexity index is 473. The van der Waals surface area contributed by atoms with E-state index in [9.17, 15) is 4.79 Å². The minimum Gasteiger partial charge on any atom is -0.481 e. The fourth-order valence-corrected chi connectivity index (χ4v) is 2.29. The molecule has 2 N–H and O–H groups in total. The molecule has 94 valence electrons. The number of carboxylic acid groups (broad SMARTS) is 1. The van der Waals surface area contributed by atoms with Crippen molar-refractivity contribution < 1.29 is 9.90 Å². The van der Waals surface area contributed by atoms with Gasteiger partial charge in [-0.1, -0.05) is 0 Å². The van der Waals surface area contributed by atoms with Crippen molar-refractivity contribution >= 4 is 11.8 Å². The molecule has 0 radical (unpaired) electrons. The fourth-order valence-electron chi connectivity index (χ4n) is 2.29. The van der Waals surface area contributed by atoms with Crippen LogP contribution in [0.25, 0.3) is 0 Å². The van der Waals surface area contributed by atoms with Crippen LogP contribution in [0.2, 0.25) is 0 Å². The molecule has 5 nitrogen and oxygen atoms in total. The van der Waals surface area contributed by atoms with Gasteiger partial charge in [-0.3, -0.25) is 4.79 Å². The number of nitriles is 1. The molecule has 1 saturated carbocycles.